The average molecular weight is 291 g/mol. The Hall–Kier alpha value is -2.04. The molecular weight excluding hydrogens is 270 g/mol. The molecule has 1 aromatic carbocycles. The van der Waals surface area contributed by atoms with Crippen LogP contribution in [0.3, 0.4) is 0 Å². The third kappa shape index (κ3) is 3.54. The number of hydrogen-bond donors (Lipinski definition) is 0. The van der Waals surface area contributed by atoms with Crippen molar-refractivity contribution in [3.8, 4) is 5.75 Å². The summed E-state index contributed by atoms with van der Waals surface area (Å²) >= 11 is 0. The molecule has 1 saturated heterocycles. The summed E-state index contributed by atoms with van der Waals surface area (Å²) in [6.45, 7) is 5.99. The van der Waals surface area contributed by atoms with Crippen molar-refractivity contribution in [1.29, 1.82) is 0 Å². The quantitative estimate of drug-likeness (QED) is 0.782. The van der Waals surface area contributed by atoms with Gasteiger partial charge in [-0.1, -0.05) is 0 Å². The summed E-state index contributed by atoms with van der Waals surface area (Å²) in [6.07, 6.45) is 0.965. The number of hydrogen-bond acceptors (Lipinski definition) is 4. The van der Waals surface area contributed by atoms with Crippen LogP contribution < -0.4 is 9.64 Å². The fourth-order valence-electron chi connectivity index (χ4n) is 2.43. The first-order chi connectivity index (χ1) is 10.0. The van der Waals surface area contributed by atoms with Gasteiger partial charge in [0.2, 0.25) is 5.91 Å². The first kappa shape index (κ1) is 15.4. The molecule has 0 saturated carbocycles. The molecule has 1 atom stereocenters. The molecule has 0 spiro atoms. The maximum absolute atomic E-state index is 12.0. The van der Waals surface area contributed by atoms with Crippen LogP contribution in [0.4, 0.5) is 5.69 Å². The van der Waals surface area contributed by atoms with Gasteiger partial charge in [-0.2, -0.15) is 0 Å². The molecule has 0 aliphatic carbocycles. The number of carbonyl (C=O) groups is 2. The zero-order chi connectivity index (χ0) is 15.4. The first-order valence-electron chi connectivity index (χ1n) is 7.28. The van der Waals surface area contributed by atoms with Crippen molar-refractivity contribution >= 4 is 17.6 Å². The highest BCUT2D eigenvalue weighted by molar-refractivity contribution is 6.02. The normalized spacial score (nSPS) is 18.2. The second kappa shape index (κ2) is 6.61. The van der Waals surface area contributed by atoms with Gasteiger partial charge in [0.25, 0.3) is 0 Å². The monoisotopic (exact) mass is 291 g/mol. The van der Waals surface area contributed by atoms with Crippen molar-refractivity contribution in [2.75, 3.05) is 11.5 Å². The minimum absolute atomic E-state index is 0.0504. The predicted octanol–water partition coefficient (Wildman–Crippen LogP) is 2.53. The highest BCUT2D eigenvalue weighted by atomic mass is 16.5. The van der Waals surface area contributed by atoms with Crippen molar-refractivity contribution in [1.82, 2.24) is 0 Å². The SMILES string of the molecule is CCOC(=O)C1CCC(=O)N1c1ccc(OC(C)C)cc1. The number of benzene rings is 1. The van der Waals surface area contributed by atoms with E-state index in [1.807, 2.05) is 26.0 Å². The third-order valence-corrected chi connectivity index (χ3v) is 3.26. The van der Waals surface area contributed by atoms with Gasteiger partial charge in [0.1, 0.15) is 11.8 Å². The molecule has 21 heavy (non-hydrogen) atoms. The summed E-state index contributed by atoms with van der Waals surface area (Å²) in [7, 11) is 0. The van der Waals surface area contributed by atoms with Gasteiger partial charge in [-0.05, 0) is 51.5 Å². The Morgan fingerprint density at radius 1 is 1.33 bits per heavy atom. The standard InChI is InChI=1S/C16H21NO4/c1-4-20-16(19)14-9-10-15(18)17(14)12-5-7-13(8-6-12)21-11(2)3/h5-8,11,14H,4,9-10H2,1-3H3. The smallest absolute Gasteiger partial charge is 0.329 e. The van der Waals surface area contributed by atoms with Gasteiger partial charge in [0.15, 0.2) is 0 Å². The first-order valence-corrected chi connectivity index (χ1v) is 7.28. The summed E-state index contributed by atoms with van der Waals surface area (Å²) in [5.74, 6) is 0.351. The average Bonchev–Trinajstić information content (AvgIpc) is 2.81. The Morgan fingerprint density at radius 2 is 2.00 bits per heavy atom. The van der Waals surface area contributed by atoms with E-state index in [9.17, 15) is 9.59 Å². The Balaban J connectivity index is 2.17. The van der Waals surface area contributed by atoms with Gasteiger partial charge in [-0.3, -0.25) is 9.69 Å². The van der Waals surface area contributed by atoms with E-state index in [0.717, 1.165) is 5.75 Å². The Labute approximate surface area is 124 Å². The summed E-state index contributed by atoms with van der Waals surface area (Å²) in [4.78, 5) is 25.5. The topological polar surface area (TPSA) is 55.8 Å². The number of carbonyl (C=O) groups excluding carboxylic acids is 2. The molecule has 1 heterocycles. The fourth-order valence-corrected chi connectivity index (χ4v) is 2.43. The fraction of sp³-hybridized carbons (Fsp3) is 0.500. The van der Waals surface area contributed by atoms with Crippen LogP contribution in [0.2, 0.25) is 0 Å². The summed E-state index contributed by atoms with van der Waals surface area (Å²) in [6, 6.07) is 6.70. The Morgan fingerprint density at radius 3 is 2.57 bits per heavy atom. The van der Waals surface area contributed by atoms with E-state index in [1.54, 1.807) is 19.1 Å². The number of rotatable bonds is 5. The van der Waals surface area contributed by atoms with Gasteiger partial charge in [-0.25, -0.2) is 4.79 Å². The molecule has 5 nitrogen and oxygen atoms in total. The number of ether oxygens (including phenoxy) is 2. The summed E-state index contributed by atoms with van der Waals surface area (Å²) < 4.78 is 10.6. The van der Waals surface area contributed by atoms with Gasteiger partial charge in [0, 0.05) is 12.1 Å². The van der Waals surface area contributed by atoms with Crippen LogP contribution in [0.1, 0.15) is 33.6 Å². The van der Waals surface area contributed by atoms with Crippen molar-refractivity contribution in [2.24, 2.45) is 0 Å². The summed E-state index contributed by atoms with van der Waals surface area (Å²) in [5, 5.41) is 0. The minimum Gasteiger partial charge on any atom is -0.491 e. The number of nitrogens with zero attached hydrogens (tertiary/aromatic N) is 1. The van der Waals surface area contributed by atoms with E-state index in [1.165, 1.54) is 4.90 Å². The molecule has 0 radical (unpaired) electrons. The van der Waals surface area contributed by atoms with Crippen molar-refractivity contribution in [3.05, 3.63) is 24.3 Å². The molecule has 114 valence electrons. The molecule has 5 heteroatoms. The molecular formula is C16H21NO4. The number of anilines is 1. The van der Waals surface area contributed by atoms with Crippen molar-refractivity contribution in [3.63, 3.8) is 0 Å². The molecule has 0 bridgehead atoms. The van der Waals surface area contributed by atoms with E-state index in [-0.39, 0.29) is 18.0 Å². The second-order valence-corrected chi connectivity index (χ2v) is 5.23. The summed E-state index contributed by atoms with van der Waals surface area (Å²) in [5.41, 5.74) is 0.701. The van der Waals surface area contributed by atoms with E-state index in [4.69, 9.17) is 9.47 Å². The van der Waals surface area contributed by atoms with Crippen LogP contribution in [0.5, 0.6) is 5.75 Å². The van der Waals surface area contributed by atoms with Crippen LogP contribution >= 0.6 is 0 Å². The lowest BCUT2D eigenvalue weighted by molar-refractivity contribution is -0.144. The molecule has 1 aliphatic rings. The molecule has 1 amide bonds. The van der Waals surface area contributed by atoms with Crippen LogP contribution in [-0.2, 0) is 14.3 Å². The Bertz CT molecular complexity index is 510. The highest BCUT2D eigenvalue weighted by Gasteiger charge is 2.38. The predicted molar refractivity (Wildman–Crippen MR) is 79.3 cm³/mol. The van der Waals surface area contributed by atoms with Crippen LogP contribution in [0.15, 0.2) is 24.3 Å². The molecule has 0 aromatic heterocycles. The zero-order valence-corrected chi connectivity index (χ0v) is 12.7. The van der Waals surface area contributed by atoms with Gasteiger partial charge in [0.05, 0.1) is 12.7 Å². The van der Waals surface area contributed by atoms with Crippen LogP contribution in [0, 0.1) is 0 Å². The molecule has 1 fully saturated rings. The van der Waals surface area contributed by atoms with Crippen LogP contribution in [-0.4, -0.2) is 30.6 Å². The lowest BCUT2D eigenvalue weighted by Gasteiger charge is -2.23. The molecule has 1 aromatic rings. The lowest BCUT2D eigenvalue weighted by atomic mass is 10.2. The van der Waals surface area contributed by atoms with Crippen molar-refractivity contribution in [2.45, 2.75) is 45.8 Å². The van der Waals surface area contributed by atoms with E-state index in [0.29, 0.717) is 25.1 Å². The van der Waals surface area contributed by atoms with E-state index in [2.05, 4.69) is 0 Å². The van der Waals surface area contributed by atoms with Gasteiger partial charge in [-0.15, -0.1) is 0 Å². The maximum Gasteiger partial charge on any atom is 0.329 e. The van der Waals surface area contributed by atoms with Crippen molar-refractivity contribution < 1.29 is 19.1 Å². The van der Waals surface area contributed by atoms with Gasteiger partial charge >= 0.3 is 5.97 Å². The minimum atomic E-state index is -0.519. The van der Waals surface area contributed by atoms with E-state index >= 15 is 0 Å². The Kier molecular flexibility index (Phi) is 4.83. The molecule has 2 rings (SSSR count). The second-order valence-electron chi connectivity index (χ2n) is 5.23. The number of esters is 1. The molecule has 1 unspecified atom stereocenters. The van der Waals surface area contributed by atoms with Gasteiger partial charge < -0.3 is 9.47 Å². The maximum atomic E-state index is 12.0. The largest absolute Gasteiger partial charge is 0.491 e. The molecule has 0 N–H and O–H groups in total. The lowest BCUT2D eigenvalue weighted by Crippen LogP contribution is -2.39. The van der Waals surface area contributed by atoms with E-state index < -0.39 is 6.04 Å². The molecule has 1 aliphatic heterocycles. The zero-order valence-electron chi connectivity index (χ0n) is 12.7. The highest BCUT2D eigenvalue weighted by Crippen LogP contribution is 2.29. The van der Waals surface area contributed by atoms with Crippen LogP contribution in [0.25, 0.3) is 0 Å². The third-order valence-electron chi connectivity index (χ3n) is 3.26. The number of amides is 1.